The van der Waals surface area contributed by atoms with Gasteiger partial charge in [0.05, 0.1) is 19.8 Å². The highest BCUT2D eigenvalue weighted by Crippen LogP contribution is 2.27. The Hall–Kier alpha value is -1.97. The van der Waals surface area contributed by atoms with Crippen LogP contribution in [0.5, 0.6) is 11.5 Å². The van der Waals surface area contributed by atoms with Crippen LogP contribution in [0.15, 0.2) is 24.3 Å². The molecule has 138 valence electrons. The quantitative estimate of drug-likeness (QED) is 0.420. The van der Waals surface area contributed by atoms with Gasteiger partial charge in [-0.1, -0.05) is 12.1 Å². The van der Waals surface area contributed by atoms with Crippen molar-refractivity contribution in [1.82, 2.24) is 0 Å². The zero-order valence-corrected chi connectivity index (χ0v) is 13.6. The number of rotatable bonds is 6. The molecule has 5 unspecified atom stereocenters. The van der Waals surface area contributed by atoms with E-state index >= 15 is 0 Å². The number of hydrogen-bond donors (Lipinski definition) is 5. The molecule has 25 heavy (non-hydrogen) atoms. The molecule has 0 saturated carbocycles. The van der Waals surface area contributed by atoms with Crippen molar-refractivity contribution < 1.29 is 39.8 Å². The van der Waals surface area contributed by atoms with E-state index in [1.54, 1.807) is 12.1 Å². The van der Waals surface area contributed by atoms with E-state index in [9.17, 15) is 25.2 Å². The van der Waals surface area contributed by atoms with E-state index in [0.717, 1.165) is 0 Å². The third kappa shape index (κ3) is 4.56. The molecule has 1 heterocycles. The molecule has 0 spiro atoms. The first-order valence-electron chi connectivity index (χ1n) is 7.75. The lowest BCUT2D eigenvalue weighted by Gasteiger charge is -2.39. The minimum Gasteiger partial charge on any atom is -0.504 e. The molecule has 1 fully saturated rings. The number of ether oxygens (including phenoxy) is 2. The molecule has 5 atom stereocenters. The Kier molecular flexibility index (Phi) is 6.51. The number of aliphatic hydroxyl groups excluding tert-OH is 4. The highest BCUT2D eigenvalue weighted by Gasteiger charge is 2.43. The van der Waals surface area contributed by atoms with E-state index in [1.165, 1.54) is 25.3 Å². The number of ketones is 1. The van der Waals surface area contributed by atoms with E-state index in [1.807, 2.05) is 0 Å². The van der Waals surface area contributed by atoms with Gasteiger partial charge in [0.2, 0.25) is 0 Å². The van der Waals surface area contributed by atoms with Gasteiger partial charge in [0.15, 0.2) is 17.3 Å². The van der Waals surface area contributed by atoms with Crippen LogP contribution in [0.4, 0.5) is 0 Å². The fraction of sp³-hybridized carbons (Fsp3) is 0.471. The van der Waals surface area contributed by atoms with Crippen molar-refractivity contribution in [3.05, 3.63) is 29.8 Å². The van der Waals surface area contributed by atoms with Crippen molar-refractivity contribution in [3.8, 4) is 11.5 Å². The molecule has 0 aliphatic carbocycles. The van der Waals surface area contributed by atoms with Gasteiger partial charge in [0.1, 0.15) is 24.4 Å². The van der Waals surface area contributed by atoms with E-state index in [4.69, 9.17) is 14.6 Å². The van der Waals surface area contributed by atoms with Crippen molar-refractivity contribution in [2.45, 2.75) is 36.9 Å². The van der Waals surface area contributed by atoms with Gasteiger partial charge in [-0.05, 0) is 23.8 Å². The summed E-state index contributed by atoms with van der Waals surface area (Å²) in [4.78, 5) is 12.1. The molecular weight excluding hydrogens is 332 g/mol. The van der Waals surface area contributed by atoms with Crippen LogP contribution in [0.1, 0.15) is 12.0 Å². The second-order valence-electron chi connectivity index (χ2n) is 5.80. The Morgan fingerprint density at radius 3 is 2.52 bits per heavy atom. The molecule has 0 radical (unpaired) electrons. The van der Waals surface area contributed by atoms with Crippen molar-refractivity contribution in [2.75, 3.05) is 13.7 Å². The summed E-state index contributed by atoms with van der Waals surface area (Å²) < 4.78 is 10.3. The molecule has 1 aliphatic heterocycles. The van der Waals surface area contributed by atoms with E-state index in [0.29, 0.717) is 5.56 Å². The van der Waals surface area contributed by atoms with Crippen LogP contribution in [0.2, 0.25) is 0 Å². The SMILES string of the molecule is COc1cc(C=CC(=O)CC2OC(CO)C(O)C(O)C2O)ccc1O. The lowest BCUT2D eigenvalue weighted by atomic mass is 9.92. The number of aliphatic hydroxyl groups is 4. The molecule has 1 saturated heterocycles. The van der Waals surface area contributed by atoms with Gasteiger partial charge in [-0.2, -0.15) is 0 Å². The Morgan fingerprint density at radius 2 is 1.88 bits per heavy atom. The molecule has 0 amide bonds. The maximum absolute atomic E-state index is 12.1. The van der Waals surface area contributed by atoms with Gasteiger partial charge in [-0.25, -0.2) is 0 Å². The molecule has 1 aliphatic rings. The molecule has 0 bridgehead atoms. The number of hydrogen-bond acceptors (Lipinski definition) is 8. The van der Waals surface area contributed by atoms with Gasteiger partial charge in [-0.15, -0.1) is 0 Å². The topological polar surface area (TPSA) is 137 Å². The minimum absolute atomic E-state index is 0.0210. The van der Waals surface area contributed by atoms with Crippen LogP contribution in [0.25, 0.3) is 6.08 Å². The number of phenolic OH excluding ortho intramolecular Hbond substituents is 1. The largest absolute Gasteiger partial charge is 0.504 e. The van der Waals surface area contributed by atoms with Crippen LogP contribution < -0.4 is 4.74 Å². The second-order valence-corrected chi connectivity index (χ2v) is 5.80. The predicted octanol–water partition coefficient (Wildman–Crippen LogP) is -0.784. The summed E-state index contributed by atoms with van der Waals surface area (Å²) in [7, 11) is 1.41. The molecule has 8 heteroatoms. The molecule has 2 rings (SSSR count). The van der Waals surface area contributed by atoms with Gasteiger partial charge in [-0.3, -0.25) is 4.79 Å². The summed E-state index contributed by atoms with van der Waals surface area (Å²) in [6.07, 6.45) is -3.93. The van der Waals surface area contributed by atoms with Crippen LogP contribution >= 0.6 is 0 Å². The first kappa shape index (κ1) is 19.4. The van der Waals surface area contributed by atoms with Crippen LogP contribution in [-0.2, 0) is 9.53 Å². The van der Waals surface area contributed by atoms with Crippen molar-refractivity contribution in [3.63, 3.8) is 0 Å². The Morgan fingerprint density at radius 1 is 1.20 bits per heavy atom. The number of carbonyl (C=O) groups excluding carboxylic acids is 1. The van der Waals surface area contributed by atoms with Crippen molar-refractivity contribution in [2.24, 2.45) is 0 Å². The lowest BCUT2D eigenvalue weighted by molar-refractivity contribution is -0.229. The number of carbonyl (C=O) groups is 1. The molecule has 5 N–H and O–H groups in total. The monoisotopic (exact) mass is 354 g/mol. The predicted molar refractivity (Wildman–Crippen MR) is 87.1 cm³/mol. The van der Waals surface area contributed by atoms with Gasteiger partial charge in [0, 0.05) is 6.42 Å². The maximum atomic E-state index is 12.1. The summed E-state index contributed by atoms with van der Waals surface area (Å²) in [6, 6.07) is 4.57. The Labute approximate surface area is 144 Å². The number of methoxy groups -OCH3 is 1. The van der Waals surface area contributed by atoms with E-state index < -0.39 is 37.1 Å². The summed E-state index contributed by atoms with van der Waals surface area (Å²) in [5, 5.41) is 48.0. The number of phenols is 1. The zero-order valence-electron chi connectivity index (χ0n) is 13.6. The summed E-state index contributed by atoms with van der Waals surface area (Å²) in [5.41, 5.74) is 0.622. The molecule has 1 aromatic carbocycles. The van der Waals surface area contributed by atoms with Crippen LogP contribution in [-0.4, -0.2) is 75.6 Å². The highest BCUT2D eigenvalue weighted by atomic mass is 16.5. The maximum Gasteiger partial charge on any atom is 0.161 e. The molecular formula is C17H22O8. The zero-order chi connectivity index (χ0) is 18.6. The number of allylic oxidation sites excluding steroid dienone is 1. The van der Waals surface area contributed by atoms with E-state index in [-0.39, 0.29) is 23.7 Å². The van der Waals surface area contributed by atoms with Crippen LogP contribution in [0.3, 0.4) is 0 Å². The molecule has 0 aromatic heterocycles. The van der Waals surface area contributed by atoms with Crippen molar-refractivity contribution >= 4 is 11.9 Å². The smallest absolute Gasteiger partial charge is 0.161 e. The standard InChI is InChI=1S/C17H22O8/c1-24-12-6-9(3-5-11(12)20)2-4-10(19)7-13-15(21)17(23)16(22)14(8-18)25-13/h2-6,13-18,20-23H,7-8H2,1H3. The van der Waals surface area contributed by atoms with Gasteiger partial charge in [0.25, 0.3) is 0 Å². The second kappa shape index (κ2) is 8.41. The third-order valence-corrected chi connectivity index (χ3v) is 4.06. The molecule has 8 nitrogen and oxygen atoms in total. The number of aromatic hydroxyl groups is 1. The Balaban J connectivity index is 2.01. The average Bonchev–Trinajstić information content (AvgIpc) is 2.61. The average molecular weight is 354 g/mol. The fourth-order valence-corrected chi connectivity index (χ4v) is 2.60. The third-order valence-electron chi connectivity index (χ3n) is 4.06. The minimum atomic E-state index is -1.51. The first-order chi connectivity index (χ1) is 11.9. The Bertz CT molecular complexity index is 627. The summed E-state index contributed by atoms with van der Waals surface area (Å²) in [6.45, 7) is -0.543. The van der Waals surface area contributed by atoms with Crippen molar-refractivity contribution in [1.29, 1.82) is 0 Å². The summed E-state index contributed by atoms with van der Waals surface area (Å²) >= 11 is 0. The highest BCUT2D eigenvalue weighted by molar-refractivity contribution is 5.94. The summed E-state index contributed by atoms with van der Waals surface area (Å²) in [5.74, 6) is -0.132. The molecule has 1 aromatic rings. The lowest BCUT2D eigenvalue weighted by Crippen LogP contribution is -2.58. The van der Waals surface area contributed by atoms with E-state index in [2.05, 4.69) is 0 Å². The normalized spacial score (nSPS) is 29.7. The van der Waals surface area contributed by atoms with Gasteiger partial charge < -0.3 is 35.0 Å². The fourth-order valence-electron chi connectivity index (χ4n) is 2.60. The number of benzene rings is 1. The first-order valence-corrected chi connectivity index (χ1v) is 7.75. The van der Waals surface area contributed by atoms with Crippen LogP contribution in [0, 0.1) is 0 Å². The van der Waals surface area contributed by atoms with Gasteiger partial charge >= 0.3 is 0 Å².